The Hall–Kier alpha value is -2.21. The van der Waals surface area contributed by atoms with Crippen LogP contribution in [0.2, 0.25) is 0 Å². The van der Waals surface area contributed by atoms with Gasteiger partial charge in [-0.1, -0.05) is 6.07 Å². The molecule has 2 fully saturated rings. The molecular formula is C21H25N3O2S. The highest BCUT2D eigenvalue weighted by atomic mass is 32.1. The van der Waals surface area contributed by atoms with E-state index in [1.807, 2.05) is 33.5 Å². The number of likely N-dealkylation sites (tertiary alicyclic amines) is 2. The van der Waals surface area contributed by atoms with Crippen molar-refractivity contribution in [2.24, 2.45) is 5.41 Å². The van der Waals surface area contributed by atoms with Crippen molar-refractivity contribution in [3.05, 3.63) is 52.5 Å². The van der Waals surface area contributed by atoms with E-state index >= 15 is 0 Å². The molecular weight excluding hydrogens is 358 g/mol. The van der Waals surface area contributed by atoms with Crippen molar-refractivity contribution >= 4 is 23.2 Å². The van der Waals surface area contributed by atoms with Gasteiger partial charge in [-0.15, -0.1) is 0 Å². The number of pyridine rings is 1. The van der Waals surface area contributed by atoms with Gasteiger partial charge in [0.25, 0.3) is 0 Å². The Balaban J connectivity index is 1.38. The Morgan fingerprint density at radius 2 is 2.15 bits per heavy atom. The lowest BCUT2D eigenvalue weighted by Gasteiger charge is -2.39. The molecule has 1 unspecified atom stereocenters. The summed E-state index contributed by atoms with van der Waals surface area (Å²) in [4.78, 5) is 33.9. The smallest absolute Gasteiger partial charge is 0.230 e. The predicted octanol–water partition coefficient (Wildman–Crippen LogP) is 3.12. The van der Waals surface area contributed by atoms with Crippen LogP contribution in [0.15, 0.2) is 41.4 Å². The lowest BCUT2D eigenvalue weighted by molar-refractivity contribution is -0.146. The first kappa shape index (κ1) is 18.2. The molecule has 4 rings (SSSR count). The second-order valence-electron chi connectivity index (χ2n) is 7.67. The van der Waals surface area contributed by atoms with E-state index in [0.717, 1.165) is 37.8 Å². The van der Waals surface area contributed by atoms with Gasteiger partial charge in [-0.25, -0.2) is 0 Å². The molecule has 2 aromatic rings. The Labute approximate surface area is 164 Å². The number of aryl methyl sites for hydroxylation is 1. The fraction of sp³-hybridized carbons (Fsp3) is 0.476. The molecule has 1 atom stereocenters. The fourth-order valence-electron chi connectivity index (χ4n) is 4.32. The number of aromatic nitrogens is 1. The van der Waals surface area contributed by atoms with Crippen LogP contribution in [0.25, 0.3) is 0 Å². The second-order valence-corrected chi connectivity index (χ2v) is 8.45. The van der Waals surface area contributed by atoms with Crippen LogP contribution in [0.1, 0.15) is 36.8 Å². The number of rotatable bonds is 5. The number of carbonyl (C=O) groups excluding carboxylic acids is 2. The number of piperidine rings is 1. The molecule has 5 nitrogen and oxygen atoms in total. The zero-order valence-electron chi connectivity index (χ0n) is 15.5. The zero-order chi connectivity index (χ0) is 18.7. The van der Waals surface area contributed by atoms with Crippen molar-refractivity contribution in [2.45, 2.75) is 38.6 Å². The summed E-state index contributed by atoms with van der Waals surface area (Å²) in [7, 11) is 0. The van der Waals surface area contributed by atoms with Gasteiger partial charge in [0.1, 0.15) is 0 Å². The van der Waals surface area contributed by atoms with E-state index in [-0.39, 0.29) is 17.2 Å². The second kappa shape index (κ2) is 7.80. The number of nitrogens with zero attached hydrogens (tertiary/aromatic N) is 3. The third-order valence-electron chi connectivity index (χ3n) is 5.83. The predicted molar refractivity (Wildman–Crippen MR) is 105 cm³/mol. The van der Waals surface area contributed by atoms with E-state index in [4.69, 9.17) is 0 Å². The van der Waals surface area contributed by atoms with Gasteiger partial charge in [0.05, 0.1) is 5.41 Å². The van der Waals surface area contributed by atoms with Gasteiger partial charge in [-0.05, 0) is 59.7 Å². The molecule has 0 N–H and O–H groups in total. The lowest BCUT2D eigenvalue weighted by Crippen LogP contribution is -2.50. The van der Waals surface area contributed by atoms with Crippen molar-refractivity contribution in [3.8, 4) is 0 Å². The average Bonchev–Trinajstić information content (AvgIpc) is 3.35. The number of hydrogen-bond acceptors (Lipinski definition) is 4. The van der Waals surface area contributed by atoms with Gasteiger partial charge in [-0.3, -0.25) is 14.6 Å². The summed E-state index contributed by atoms with van der Waals surface area (Å²) in [5, 5.41) is 4.14. The maximum absolute atomic E-state index is 13.2. The molecule has 0 bridgehead atoms. The molecule has 6 heteroatoms. The summed E-state index contributed by atoms with van der Waals surface area (Å²) >= 11 is 1.66. The summed E-state index contributed by atoms with van der Waals surface area (Å²) < 4.78 is 0. The third-order valence-corrected chi connectivity index (χ3v) is 6.57. The highest BCUT2D eigenvalue weighted by molar-refractivity contribution is 7.07. The summed E-state index contributed by atoms with van der Waals surface area (Å²) in [6, 6.07) is 5.99. The number of amides is 2. The molecule has 1 spiro atoms. The van der Waals surface area contributed by atoms with E-state index < -0.39 is 0 Å². The molecule has 27 heavy (non-hydrogen) atoms. The van der Waals surface area contributed by atoms with Crippen LogP contribution < -0.4 is 0 Å². The highest BCUT2D eigenvalue weighted by Gasteiger charge is 2.49. The monoisotopic (exact) mass is 383 g/mol. The fourth-order valence-corrected chi connectivity index (χ4v) is 5.03. The first-order valence-electron chi connectivity index (χ1n) is 9.63. The molecule has 0 saturated carbocycles. The number of carbonyl (C=O) groups is 2. The van der Waals surface area contributed by atoms with E-state index in [9.17, 15) is 9.59 Å². The Bertz CT molecular complexity index is 793. The molecule has 0 aliphatic carbocycles. The zero-order valence-corrected chi connectivity index (χ0v) is 16.3. The van der Waals surface area contributed by atoms with Crippen molar-refractivity contribution in [2.75, 3.05) is 19.6 Å². The summed E-state index contributed by atoms with van der Waals surface area (Å²) in [6.07, 6.45) is 7.57. The summed E-state index contributed by atoms with van der Waals surface area (Å²) in [5.74, 6) is 0.390. The van der Waals surface area contributed by atoms with E-state index in [1.54, 1.807) is 17.5 Å². The van der Waals surface area contributed by atoms with Gasteiger partial charge in [0, 0.05) is 45.0 Å². The Morgan fingerprint density at radius 1 is 1.22 bits per heavy atom. The van der Waals surface area contributed by atoms with Crippen molar-refractivity contribution in [1.82, 2.24) is 14.8 Å². The normalized spacial score (nSPS) is 22.6. The van der Waals surface area contributed by atoms with Gasteiger partial charge < -0.3 is 9.80 Å². The van der Waals surface area contributed by atoms with Gasteiger partial charge in [-0.2, -0.15) is 11.3 Å². The standard InChI is InChI=1S/C21H25N3O2S/c25-19(5-4-17-6-12-27-15-17)24-11-8-21(16-24)7-2-10-23(20(21)26)14-18-3-1-9-22-13-18/h1,3,6,9,12-13,15H,2,4-5,7-8,10-11,14,16H2. The maximum atomic E-state index is 13.2. The van der Waals surface area contributed by atoms with Crippen LogP contribution in [0.5, 0.6) is 0 Å². The van der Waals surface area contributed by atoms with Crippen LogP contribution in [-0.2, 0) is 22.6 Å². The number of hydrogen-bond donors (Lipinski definition) is 0. The highest BCUT2D eigenvalue weighted by Crippen LogP contribution is 2.40. The molecule has 2 aliphatic heterocycles. The Kier molecular flexibility index (Phi) is 5.25. The van der Waals surface area contributed by atoms with Gasteiger partial charge >= 0.3 is 0 Å². The number of thiophene rings is 1. The van der Waals surface area contributed by atoms with Crippen molar-refractivity contribution < 1.29 is 9.59 Å². The topological polar surface area (TPSA) is 53.5 Å². The molecule has 2 saturated heterocycles. The average molecular weight is 384 g/mol. The Morgan fingerprint density at radius 3 is 2.93 bits per heavy atom. The van der Waals surface area contributed by atoms with Crippen LogP contribution in [0.3, 0.4) is 0 Å². The minimum atomic E-state index is -0.376. The molecule has 0 radical (unpaired) electrons. The van der Waals surface area contributed by atoms with E-state index in [2.05, 4.69) is 16.4 Å². The maximum Gasteiger partial charge on any atom is 0.230 e. The minimum Gasteiger partial charge on any atom is -0.342 e. The quantitative estimate of drug-likeness (QED) is 0.797. The molecule has 2 aliphatic rings. The third kappa shape index (κ3) is 3.90. The lowest BCUT2D eigenvalue weighted by atomic mass is 9.78. The first-order chi connectivity index (χ1) is 13.2. The van der Waals surface area contributed by atoms with Crippen LogP contribution in [0.4, 0.5) is 0 Å². The summed E-state index contributed by atoms with van der Waals surface area (Å²) in [6.45, 7) is 2.69. The van der Waals surface area contributed by atoms with Crippen LogP contribution >= 0.6 is 11.3 Å². The van der Waals surface area contributed by atoms with Crippen LogP contribution in [0, 0.1) is 5.41 Å². The van der Waals surface area contributed by atoms with Crippen molar-refractivity contribution in [1.29, 1.82) is 0 Å². The van der Waals surface area contributed by atoms with Crippen molar-refractivity contribution in [3.63, 3.8) is 0 Å². The minimum absolute atomic E-state index is 0.176. The van der Waals surface area contributed by atoms with Gasteiger partial charge in [0.15, 0.2) is 0 Å². The molecule has 142 valence electrons. The largest absolute Gasteiger partial charge is 0.342 e. The SMILES string of the molecule is O=C(CCc1ccsc1)N1CCC2(CCCN(Cc3cccnc3)C2=O)C1. The van der Waals surface area contributed by atoms with E-state index in [0.29, 0.717) is 26.1 Å². The summed E-state index contributed by atoms with van der Waals surface area (Å²) in [5.41, 5.74) is 1.90. The van der Waals surface area contributed by atoms with Crippen LogP contribution in [-0.4, -0.2) is 46.2 Å². The van der Waals surface area contributed by atoms with E-state index in [1.165, 1.54) is 5.56 Å². The molecule has 2 aromatic heterocycles. The molecule has 4 heterocycles. The molecule has 0 aromatic carbocycles. The van der Waals surface area contributed by atoms with Gasteiger partial charge in [0.2, 0.25) is 11.8 Å². The molecule has 2 amide bonds. The first-order valence-corrected chi connectivity index (χ1v) is 10.6.